The third kappa shape index (κ3) is 4.73. The second kappa shape index (κ2) is 9.08. The smallest absolute Gasteiger partial charge is 0.329 e. The van der Waals surface area contributed by atoms with E-state index in [1.165, 1.54) is 10.1 Å². The average Bonchev–Trinajstić information content (AvgIpc) is 2.97. The molecule has 0 spiro atoms. The molecule has 1 N–H and O–H groups in total. The topological polar surface area (TPSA) is 68.5 Å². The molecule has 1 saturated heterocycles. The van der Waals surface area contributed by atoms with Gasteiger partial charge in [0.15, 0.2) is 0 Å². The number of aromatic nitrogens is 2. The minimum Gasteiger partial charge on any atom is -0.373 e. The molecular weight excluding hydrogens is 392 g/mol. The summed E-state index contributed by atoms with van der Waals surface area (Å²) in [6.45, 7) is 7.26. The lowest BCUT2D eigenvalue weighted by molar-refractivity contribution is -0.121. The van der Waals surface area contributed by atoms with Crippen LogP contribution in [-0.2, 0) is 36.2 Å². The maximum atomic E-state index is 12.7. The monoisotopic (exact) mass is 422 g/mol. The predicted molar refractivity (Wildman–Crippen MR) is 121 cm³/mol. The summed E-state index contributed by atoms with van der Waals surface area (Å²) in [7, 11) is 1.72. The Labute approximate surface area is 182 Å². The van der Waals surface area contributed by atoms with E-state index in [0.29, 0.717) is 6.54 Å². The van der Waals surface area contributed by atoms with Gasteiger partial charge in [-0.25, -0.2) is 4.79 Å². The zero-order valence-electron chi connectivity index (χ0n) is 18.4. The summed E-state index contributed by atoms with van der Waals surface area (Å²) in [5.74, 6) is -0.179. The van der Waals surface area contributed by atoms with E-state index >= 15 is 0 Å². The van der Waals surface area contributed by atoms with E-state index in [2.05, 4.69) is 30.1 Å². The summed E-state index contributed by atoms with van der Waals surface area (Å²) >= 11 is 0. The number of morpholine rings is 1. The van der Waals surface area contributed by atoms with Gasteiger partial charge in [-0.1, -0.05) is 36.4 Å². The third-order valence-corrected chi connectivity index (χ3v) is 5.84. The Morgan fingerprint density at radius 3 is 2.32 bits per heavy atom. The Kier molecular flexibility index (Phi) is 6.25. The molecule has 0 radical (unpaired) electrons. The highest BCUT2D eigenvalue weighted by molar-refractivity contribution is 5.80. The number of para-hydroxylation sites is 2. The second-order valence-electron chi connectivity index (χ2n) is 8.41. The number of fused-ring (bicyclic) bond motifs is 1. The fourth-order valence-corrected chi connectivity index (χ4v) is 4.45. The van der Waals surface area contributed by atoms with Gasteiger partial charge in [-0.15, -0.1) is 0 Å². The maximum absolute atomic E-state index is 12.7. The molecule has 1 aliphatic rings. The number of nitrogens with one attached hydrogen (secondary N) is 1. The lowest BCUT2D eigenvalue weighted by Crippen LogP contribution is -2.45. The molecule has 2 heterocycles. The molecular formula is C24H30N4O3. The minimum atomic E-state index is -0.188. The summed E-state index contributed by atoms with van der Waals surface area (Å²) in [5.41, 5.74) is 3.69. The second-order valence-corrected chi connectivity index (χ2v) is 8.41. The summed E-state index contributed by atoms with van der Waals surface area (Å²) in [6, 6.07) is 15.7. The summed E-state index contributed by atoms with van der Waals surface area (Å²) in [5, 5.41) is 2.99. The number of rotatable bonds is 6. The van der Waals surface area contributed by atoms with Crippen molar-refractivity contribution in [3.63, 3.8) is 0 Å². The zero-order chi connectivity index (χ0) is 22.0. The molecule has 3 aromatic rings. The quantitative estimate of drug-likeness (QED) is 0.662. The molecule has 31 heavy (non-hydrogen) atoms. The van der Waals surface area contributed by atoms with Crippen molar-refractivity contribution in [3.05, 3.63) is 70.1 Å². The van der Waals surface area contributed by atoms with Gasteiger partial charge in [-0.2, -0.15) is 0 Å². The van der Waals surface area contributed by atoms with Gasteiger partial charge in [-0.3, -0.25) is 18.8 Å². The van der Waals surface area contributed by atoms with Crippen LogP contribution >= 0.6 is 0 Å². The molecule has 1 amide bonds. The largest absolute Gasteiger partial charge is 0.373 e. The lowest BCUT2D eigenvalue weighted by atomic mass is 10.1. The fourth-order valence-electron chi connectivity index (χ4n) is 4.45. The van der Waals surface area contributed by atoms with E-state index in [9.17, 15) is 9.59 Å². The van der Waals surface area contributed by atoms with Crippen LogP contribution in [0.5, 0.6) is 0 Å². The van der Waals surface area contributed by atoms with Gasteiger partial charge in [0.05, 0.1) is 23.2 Å². The average molecular weight is 423 g/mol. The van der Waals surface area contributed by atoms with Gasteiger partial charge >= 0.3 is 5.69 Å². The molecule has 2 unspecified atom stereocenters. The molecule has 1 fully saturated rings. The first-order valence-electron chi connectivity index (χ1n) is 10.8. The van der Waals surface area contributed by atoms with Gasteiger partial charge in [0, 0.05) is 33.2 Å². The van der Waals surface area contributed by atoms with Crippen LogP contribution in [0.1, 0.15) is 25.0 Å². The van der Waals surface area contributed by atoms with Gasteiger partial charge in [0.2, 0.25) is 5.91 Å². The van der Waals surface area contributed by atoms with Crippen molar-refractivity contribution in [2.45, 2.75) is 45.7 Å². The first kappa shape index (κ1) is 21.3. The van der Waals surface area contributed by atoms with E-state index in [1.807, 2.05) is 42.5 Å². The van der Waals surface area contributed by atoms with Crippen molar-refractivity contribution in [3.8, 4) is 0 Å². The normalized spacial score (nSPS) is 19.6. The van der Waals surface area contributed by atoms with E-state index in [1.54, 1.807) is 11.6 Å². The van der Waals surface area contributed by atoms with Crippen molar-refractivity contribution >= 4 is 16.9 Å². The zero-order valence-corrected chi connectivity index (χ0v) is 18.4. The van der Waals surface area contributed by atoms with Crippen molar-refractivity contribution in [2.24, 2.45) is 7.05 Å². The first-order valence-corrected chi connectivity index (χ1v) is 10.8. The number of aryl methyl sites for hydroxylation is 1. The van der Waals surface area contributed by atoms with Crippen molar-refractivity contribution in [1.29, 1.82) is 0 Å². The highest BCUT2D eigenvalue weighted by atomic mass is 16.5. The number of imidazole rings is 1. The van der Waals surface area contributed by atoms with Gasteiger partial charge < -0.3 is 10.1 Å². The lowest BCUT2D eigenvalue weighted by Gasteiger charge is -2.35. The maximum Gasteiger partial charge on any atom is 0.329 e. The molecule has 7 nitrogen and oxygen atoms in total. The van der Waals surface area contributed by atoms with Crippen LogP contribution in [0.3, 0.4) is 0 Å². The summed E-state index contributed by atoms with van der Waals surface area (Å²) < 4.78 is 8.93. The van der Waals surface area contributed by atoms with E-state index < -0.39 is 0 Å². The Hall–Kier alpha value is -2.90. The minimum absolute atomic E-state index is 0.000840. The van der Waals surface area contributed by atoms with Crippen LogP contribution < -0.4 is 11.0 Å². The molecule has 2 aromatic carbocycles. The molecule has 0 bridgehead atoms. The predicted octanol–water partition coefficient (Wildman–Crippen LogP) is 2.27. The van der Waals surface area contributed by atoms with Crippen LogP contribution in [0.4, 0.5) is 0 Å². The van der Waals surface area contributed by atoms with Gasteiger partial charge in [0.25, 0.3) is 0 Å². The fraction of sp³-hybridized carbons (Fsp3) is 0.417. The van der Waals surface area contributed by atoms with E-state index in [0.717, 1.165) is 36.2 Å². The van der Waals surface area contributed by atoms with Gasteiger partial charge in [0.1, 0.15) is 6.54 Å². The number of hydrogen-bond donors (Lipinski definition) is 1. The standard InChI is InChI=1S/C24H30N4O3/c1-17-13-27(14-18(2)31-17)15-20-9-5-4-8-19(20)12-25-23(29)16-28-22-11-7-6-10-21(22)26(3)24(28)30/h4-11,17-18H,12-16H2,1-3H3,(H,25,29). The van der Waals surface area contributed by atoms with Crippen LogP contribution in [0, 0.1) is 0 Å². The number of carbonyl (C=O) groups excluding carboxylic acids is 1. The molecule has 0 saturated carbocycles. The molecule has 164 valence electrons. The van der Waals surface area contributed by atoms with Crippen molar-refractivity contribution in [1.82, 2.24) is 19.4 Å². The SMILES string of the molecule is CC1CN(Cc2ccccc2CNC(=O)Cn2c(=O)n(C)c3ccccc32)CC(C)O1. The first-order chi connectivity index (χ1) is 14.9. The molecule has 1 aromatic heterocycles. The molecule has 1 aliphatic heterocycles. The van der Waals surface area contributed by atoms with Crippen LogP contribution in [-0.4, -0.2) is 45.2 Å². The number of hydrogen-bond acceptors (Lipinski definition) is 4. The Balaban J connectivity index is 1.43. The Morgan fingerprint density at radius 1 is 1.00 bits per heavy atom. The number of carbonyl (C=O) groups is 1. The number of amides is 1. The highest BCUT2D eigenvalue weighted by Crippen LogP contribution is 2.17. The van der Waals surface area contributed by atoms with Gasteiger partial charge in [-0.05, 0) is 37.1 Å². The van der Waals surface area contributed by atoms with Crippen molar-refractivity contribution in [2.75, 3.05) is 13.1 Å². The molecule has 0 aliphatic carbocycles. The summed E-state index contributed by atoms with van der Waals surface area (Å²) in [6.07, 6.45) is 0.434. The van der Waals surface area contributed by atoms with Crippen LogP contribution in [0.25, 0.3) is 11.0 Å². The summed E-state index contributed by atoms with van der Waals surface area (Å²) in [4.78, 5) is 27.6. The van der Waals surface area contributed by atoms with Crippen molar-refractivity contribution < 1.29 is 9.53 Å². The molecule has 4 rings (SSSR count). The number of benzene rings is 2. The Morgan fingerprint density at radius 2 is 1.61 bits per heavy atom. The van der Waals surface area contributed by atoms with Crippen LogP contribution in [0.15, 0.2) is 53.3 Å². The highest BCUT2D eigenvalue weighted by Gasteiger charge is 2.22. The number of nitrogens with zero attached hydrogens (tertiary/aromatic N) is 3. The Bertz CT molecular complexity index is 1120. The van der Waals surface area contributed by atoms with E-state index in [4.69, 9.17) is 4.74 Å². The third-order valence-electron chi connectivity index (χ3n) is 5.84. The molecule has 7 heteroatoms. The number of ether oxygens (including phenoxy) is 1. The van der Waals surface area contributed by atoms with Crippen LogP contribution in [0.2, 0.25) is 0 Å². The van der Waals surface area contributed by atoms with E-state index in [-0.39, 0.29) is 30.3 Å². The molecule has 2 atom stereocenters.